The fourth-order valence-electron chi connectivity index (χ4n) is 3.75. The molecule has 1 aliphatic rings. The minimum absolute atomic E-state index is 0.0317. The molecule has 0 bridgehead atoms. The van der Waals surface area contributed by atoms with Gasteiger partial charge in [0.2, 0.25) is 5.91 Å². The zero-order valence-electron chi connectivity index (χ0n) is 19.4. The molecule has 0 saturated heterocycles. The molecule has 1 unspecified atom stereocenters. The highest BCUT2D eigenvalue weighted by Gasteiger charge is 2.30. The molecule has 0 aliphatic heterocycles. The van der Waals surface area contributed by atoms with Gasteiger partial charge in [-0.3, -0.25) is 9.48 Å². The molecule has 1 aliphatic carbocycles. The fourth-order valence-corrected chi connectivity index (χ4v) is 4.82. The molecule has 1 amide bonds. The zero-order valence-corrected chi connectivity index (χ0v) is 20.2. The molecule has 5 rings (SSSR count). The Morgan fingerprint density at radius 3 is 2.68 bits per heavy atom. The Morgan fingerprint density at radius 2 is 2.00 bits per heavy atom. The lowest BCUT2D eigenvalue weighted by Crippen LogP contribution is -2.14. The van der Waals surface area contributed by atoms with E-state index < -0.39 is 9.73 Å². The number of hydrogen-bond acceptors (Lipinski definition) is 7. The van der Waals surface area contributed by atoms with Crippen molar-refractivity contribution in [2.24, 2.45) is 17.3 Å². The second-order valence-electron chi connectivity index (χ2n) is 8.53. The molecular weight excluding hydrogens is 452 g/mol. The van der Waals surface area contributed by atoms with E-state index >= 15 is 0 Å². The van der Waals surface area contributed by atoms with Crippen LogP contribution in [0.1, 0.15) is 18.7 Å². The first kappa shape index (κ1) is 22.1. The molecule has 1 saturated carbocycles. The number of imidazole rings is 1. The van der Waals surface area contributed by atoms with Gasteiger partial charge in [0.05, 0.1) is 31.7 Å². The van der Waals surface area contributed by atoms with Gasteiger partial charge < -0.3 is 15.6 Å². The highest BCUT2D eigenvalue weighted by atomic mass is 32.2. The number of rotatable bonds is 6. The fraction of sp³-hybridized carbons (Fsp3) is 0.304. The number of aromatic amines is 1. The monoisotopic (exact) mass is 478 g/mol. The van der Waals surface area contributed by atoms with Gasteiger partial charge in [0, 0.05) is 44.1 Å². The van der Waals surface area contributed by atoms with Crippen molar-refractivity contribution in [1.82, 2.24) is 24.7 Å². The molecule has 1 fully saturated rings. The molecule has 3 N–H and O–H groups in total. The number of carbonyl (C=O) groups is 1. The third-order valence-corrected chi connectivity index (χ3v) is 7.64. The second kappa shape index (κ2) is 8.24. The number of benzene rings is 1. The number of amides is 1. The predicted molar refractivity (Wildman–Crippen MR) is 133 cm³/mol. The van der Waals surface area contributed by atoms with E-state index in [4.69, 9.17) is 0 Å². The summed E-state index contributed by atoms with van der Waals surface area (Å²) in [5.74, 6) is 1.15. The highest BCUT2D eigenvalue weighted by Crippen LogP contribution is 2.34. The summed E-state index contributed by atoms with van der Waals surface area (Å²) >= 11 is 0. The number of aryl methyl sites for hydroxylation is 2. The van der Waals surface area contributed by atoms with E-state index in [1.54, 1.807) is 24.1 Å². The molecule has 0 radical (unpaired) electrons. The van der Waals surface area contributed by atoms with Gasteiger partial charge in [-0.2, -0.15) is 5.10 Å². The van der Waals surface area contributed by atoms with Crippen LogP contribution in [-0.2, 0) is 21.6 Å². The van der Waals surface area contributed by atoms with Crippen LogP contribution in [0.5, 0.6) is 0 Å². The lowest BCUT2D eigenvalue weighted by molar-refractivity contribution is -0.117. The maximum Gasteiger partial charge on any atom is 0.228 e. The molecule has 0 spiro atoms. The number of nitrogens with zero attached hydrogens (tertiary/aromatic N) is 5. The zero-order chi connectivity index (χ0) is 24.0. The standard InChI is InChI=1S/C23H26N8O2S/c1-13-25-21-18(12-20(28-22(21)26-13)29-23(32)14-5-6-14)27-17-8-7-15(16-9-10-31(3)30-16)11-19(17)34(4,33)24-2/h7-12,14H,5-6H2,1-4H3,(H3,25,26,27,28,29,32). The van der Waals surface area contributed by atoms with Crippen LogP contribution in [0.4, 0.5) is 17.2 Å². The van der Waals surface area contributed by atoms with Crippen LogP contribution >= 0.6 is 0 Å². The first-order valence-corrected chi connectivity index (χ1v) is 12.9. The van der Waals surface area contributed by atoms with E-state index in [-0.39, 0.29) is 11.8 Å². The molecule has 1 atom stereocenters. The summed E-state index contributed by atoms with van der Waals surface area (Å²) in [5.41, 5.74) is 4.06. The Morgan fingerprint density at radius 1 is 1.21 bits per heavy atom. The molecule has 3 aromatic heterocycles. The summed E-state index contributed by atoms with van der Waals surface area (Å²) in [6.45, 7) is 1.84. The number of aromatic nitrogens is 5. The van der Waals surface area contributed by atoms with Gasteiger partial charge in [-0.1, -0.05) is 6.07 Å². The predicted octanol–water partition coefficient (Wildman–Crippen LogP) is 3.85. The number of nitrogens with one attached hydrogen (secondary N) is 3. The maximum atomic E-state index is 13.4. The molecular formula is C23H26N8O2S. The average molecular weight is 479 g/mol. The summed E-state index contributed by atoms with van der Waals surface area (Å²) in [7, 11) is 0.712. The number of carbonyl (C=O) groups excluding carboxylic acids is 1. The Hall–Kier alpha value is -3.73. The van der Waals surface area contributed by atoms with E-state index in [1.165, 1.54) is 0 Å². The van der Waals surface area contributed by atoms with Crippen molar-refractivity contribution in [2.75, 3.05) is 23.9 Å². The van der Waals surface area contributed by atoms with E-state index in [1.807, 2.05) is 44.4 Å². The summed E-state index contributed by atoms with van der Waals surface area (Å²) in [4.78, 5) is 25.1. The van der Waals surface area contributed by atoms with Gasteiger partial charge in [0.1, 0.15) is 17.2 Å². The lowest BCUT2D eigenvalue weighted by Gasteiger charge is -2.15. The average Bonchev–Trinajstić information content (AvgIpc) is 3.46. The third kappa shape index (κ3) is 4.26. The minimum atomic E-state index is -2.69. The van der Waals surface area contributed by atoms with E-state index in [2.05, 4.69) is 35.0 Å². The quantitative estimate of drug-likeness (QED) is 0.386. The van der Waals surface area contributed by atoms with Gasteiger partial charge >= 0.3 is 0 Å². The topological polar surface area (TPSA) is 130 Å². The molecule has 4 aromatic rings. The molecule has 1 aromatic carbocycles. The Bertz CT molecular complexity index is 1540. The Labute approximate surface area is 197 Å². The number of hydrogen-bond donors (Lipinski definition) is 3. The van der Waals surface area contributed by atoms with Crippen LogP contribution in [0.3, 0.4) is 0 Å². The van der Waals surface area contributed by atoms with Crippen molar-refractivity contribution in [3.63, 3.8) is 0 Å². The Balaban J connectivity index is 1.59. The van der Waals surface area contributed by atoms with Crippen LogP contribution in [0.25, 0.3) is 22.4 Å². The van der Waals surface area contributed by atoms with Crippen LogP contribution in [0.15, 0.2) is 45.8 Å². The van der Waals surface area contributed by atoms with Crippen LogP contribution in [0, 0.1) is 12.8 Å². The number of anilines is 3. The summed E-state index contributed by atoms with van der Waals surface area (Å²) in [6, 6.07) is 9.29. The summed E-state index contributed by atoms with van der Waals surface area (Å²) in [6.07, 6.45) is 5.27. The van der Waals surface area contributed by atoms with Crippen LogP contribution < -0.4 is 10.6 Å². The van der Waals surface area contributed by atoms with Gasteiger partial charge in [0.15, 0.2) is 5.65 Å². The second-order valence-corrected chi connectivity index (χ2v) is 10.9. The van der Waals surface area contributed by atoms with Crippen molar-refractivity contribution in [3.05, 3.63) is 42.4 Å². The smallest absolute Gasteiger partial charge is 0.228 e. The van der Waals surface area contributed by atoms with Crippen LogP contribution in [-0.4, -0.2) is 48.2 Å². The SMILES string of the molecule is CN=S(C)(=O)c1cc(-c2ccn(C)n2)ccc1Nc1cc(NC(=O)C2CC2)nc2[nH]c(C)nc12. The van der Waals surface area contributed by atoms with Crippen molar-refractivity contribution in [2.45, 2.75) is 24.7 Å². The van der Waals surface area contributed by atoms with E-state index in [9.17, 15) is 9.00 Å². The molecule has 34 heavy (non-hydrogen) atoms. The third-order valence-electron chi connectivity index (χ3n) is 5.79. The lowest BCUT2D eigenvalue weighted by atomic mass is 10.1. The first-order chi connectivity index (χ1) is 16.2. The highest BCUT2D eigenvalue weighted by molar-refractivity contribution is 7.93. The van der Waals surface area contributed by atoms with Crippen molar-refractivity contribution in [1.29, 1.82) is 0 Å². The minimum Gasteiger partial charge on any atom is -0.353 e. The first-order valence-electron chi connectivity index (χ1n) is 10.9. The van der Waals surface area contributed by atoms with Gasteiger partial charge in [-0.15, -0.1) is 0 Å². The van der Waals surface area contributed by atoms with Gasteiger partial charge in [-0.25, -0.2) is 18.5 Å². The van der Waals surface area contributed by atoms with Gasteiger partial charge in [-0.05, 0) is 38.0 Å². The normalized spacial score (nSPS) is 15.2. The molecule has 176 valence electrons. The number of pyridine rings is 1. The number of fused-ring (bicyclic) bond motifs is 1. The Kier molecular flexibility index (Phi) is 5.35. The molecule has 10 nitrogen and oxygen atoms in total. The molecule has 11 heteroatoms. The summed E-state index contributed by atoms with van der Waals surface area (Å²) < 4.78 is 19.3. The molecule has 3 heterocycles. The van der Waals surface area contributed by atoms with E-state index in [0.29, 0.717) is 39.1 Å². The van der Waals surface area contributed by atoms with E-state index in [0.717, 1.165) is 24.1 Å². The van der Waals surface area contributed by atoms with Crippen molar-refractivity contribution >= 4 is 44.0 Å². The van der Waals surface area contributed by atoms with Crippen molar-refractivity contribution in [3.8, 4) is 11.3 Å². The van der Waals surface area contributed by atoms with Crippen LogP contribution in [0.2, 0.25) is 0 Å². The van der Waals surface area contributed by atoms with Crippen molar-refractivity contribution < 1.29 is 9.00 Å². The summed E-state index contributed by atoms with van der Waals surface area (Å²) in [5, 5.41) is 10.7. The number of H-pyrrole nitrogens is 1. The van der Waals surface area contributed by atoms with Gasteiger partial charge in [0.25, 0.3) is 0 Å². The largest absolute Gasteiger partial charge is 0.353 e. The maximum absolute atomic E-state index is 13.4.